The Balaban J connectivity index is 0.00000289. The van der Waals surface area contributed by atoms with Crippen molar-refractivity contribution in [3.63, 3.8) is 0 Å². The van der Waals surface area contributed by atoms with Gasteiger partial charge in [-0.2, -0.15) is 0 Å². The van der Waals surface area contributed by atoms with Gasteiger partial charge in [0.15, 0.2) is 5.78 Å². The minimum atomic E-state index is -0.0253. The molecule has 0 fully saturated rings. The third-order valence-electron chi connectivity index (χ3n) is 2.95. The quantitative estimate of drug-likeness (QED) is 0.764. The first-order valence-electron chi connectivity index (χ1n) is 6.53. The summed E-state index contributed by atoms with van der Waals surface area (Å²) in [6.07, 6.45) is 3.15. The fraction of sp³-hybridized carbons (Fsp3) is 0.533. The zero-order valence-corrected chi connectivity index (χ0v) is 12.3. The Kier molecular flexibility index (Phi) is 8.69. The van der Waals surface area contributed by atoms with Crippen LogP contribution < -0.4 is 5.32 Å². The molecule has 0 amide bonds. The molecular weight excluding hydrogens is 246 g/mol. The number of nitrogens with one attached hydrogen (secondary N) is 1. The number of likely N-dealkylation sites (N-methyl/N-ethyl adjacent to an activating group) is 1. The zero-order chi connectivity index (χ0) is 12.7. The summed E-state index contributed by atoms with van der Waals surface area (Å²) in [6, 6.07) is 7.82. The maximum Gasteiger partial charge on any atom is 0.179 e. The number of benzene rings is 1. The second-order valence-electron chi connectivity index (χ2n) is 4.48. The van der Waals surface area contributed by atoms with Crippen molar-refractivity contribution in [2.24, 2.45) is 0 Å². The maximum atomic E-state index is 12.3. The molecule has 1 N–H and O–H groups in total. The molecule has 1 atom stereocenters. The van der Waals surface area contributed by atoms with E-state index in [-0.39, 0.29) is 24.2 Å². The number of carbonyl (C=O) groups is 1. The topological polar surface area (TPSA) is 29.1 Å². The molecule has 0 aliphatic rings. The van der Waals surface area contributed by atoms with E-state index < -0.39 is 0 Å². The van der Waals surface area contributed by atoms with E-state index >= 15 is 0 Å². The lowest BCUT2D eigenvalue weighted by Gasteiger charge is -2.16. The Bertz CT molecular complexity index is 348. The first kappa shape index (κ1) is 17.1. The highest BCUT2D eigenvalue weighted by Gasteiger charge is 2.17. The van der Waals surface area contributed by atoms with Gasteiger partial charge >= 0.3 is 0 Å². The normalized spacial score (nSPS) is 11.7. The third kappa shape index (κ3) is 5.19. The Morgan fingerprint density at radius 2 is 1.83 bits per heavy atom. The lowest BCUT2D eigenvalue weighted by molar-refractivity contribution is 0.0937. The van der Waals surface area contributed by atoms with Gasteiger partial charge in [-0.05, 0) is 19.9 Å². The minimum absolute atomic E-state index is 0. The number of carbonyl (C=O) groups excluding carboxylic acids is 1. The van der Waals surface area contributed by atoms with Crippen molar-refractivity contribution in [1.29, 1.82) is 0 Å². The molecule has 3 heteroatoms. The fourth-order valence-corrected chi connectivity index (χ4v) is 1.90. The van der Waals surface area contributed by atoms with Crippen molar-refractivity contribution in [2.75, 3.05) is 6.54 Å². The molecule has 18 heavy (non-hydrogen) atoms. The van der Waals surface area contributed by atoms with Crippen LogP contribution in [0.5, 0.6) is 0 Å². The molecule has 1 aromatic rings. The number of unbranched alkanes of at least 4 members (excludes halogenated alkanes) is 1. The molecule has 0 aromatic heterocycles. The number of ketones is 1. The van der Waals surface area contributed by atoms with E-state index in [1.54, 1.807) is 0 Å². The van der Waals surface area contributed by atoms with E-state index in [0.717, 1.165) is 31.4 Å². The molecule has 0 aliphatic carbocycles. The van der Waals surface area contributed by atoms with Gasteiger partial charge in [0.2, 0.25) is 0 Å². The summed E-state index contributed by atoms with van der Waals surface area (Å²) in [5.74, 6) is 0.223. The lowest BCUT2D eigenvalue weighted by Crippen LogP contribution is -2.36. The molecule has 0 spiro atoms. The number of aryl methyl sites for hydroxylation is 1. The van der Waals surface area contributed by atoms with Gasteiger partial charge in [-0.3, -0.25) is 4.79 Å². The second-order valence-corrected chi connectivity index (χ2v) is 4.48. The minimum Gasteiger partial charge on any atom is -0.307 e. The van der Waals surface area contributed by atoms with Gasteiger partial charge in [-0.1, -0.05) is 56.5 Å². The smallest absolute Gasteiger partial charge is 0.179 e. The van der Waals surface area contributed by atoms with Gasteiger partial charge < -0.3 is 5.32 Å². The monoisotopic (exact) mass is 269 g/mol. The Labute approximate surface area is 117 Å². The first-order chi connectivity index (χ1) is 8.19. The fourth-order valence-electron chi connectivity index (χ4n) is 1.90. The summed E-state index contributed by atoms with van der Waals surface area (Å²) in [7, 11) is 0. The van der Waals surface area contributed by atoms with Crippen LogP contribution in [0.2, 0.25) is 0 Å². The summed E-state index contributed by atoms with van der Waals surface area (Å²) in [5, 5.41) is 3.28. The van der Waals surface area contributed by atoms with Gasteiger partial charge in [0.05, 0.1) is 6.04 Å². The van der Waals surface area contributed by atoms with Crippen LogP contribution in [-0.4, -0.2) is 18.4 Å². The van der Waals surface area contributed by atoms with Crippen LogP contribution in [0.3, 0.4) is 0 Å². The molecule has 0 bridgehead atoms. The van der Waals surface area contributed by atoms with E-state index in [2.05, 4.69) is 12.2 Å². The van der Waals surface area contributed by atoms with E-state index in [1.165, 1.54) is 5.56 Å². The largest absolute Gasteiger partial charge is 0.307 e. The van der Waals surface area contributed by atoms with Crippen LogP contribution >= 0.6 is 12.4 Å². The average molecular weight is 270 g/mol. The molecule has 0 saturated heterocycles. The van der Waals surface area contributed by atoms with Crippen molar-refractivity contribution >= 4 is 18.2 Å². The maximum absolute atomic E-state index is 12.3. The van der Waals surface area contributed by atoms with Gasteiger partial charge in [-0.15, -0.1) is 12.4 Å². The van der Waals surface area contributed by atoms with Crippen LogP contribution in [0.25, 0.3) is 0 Å². The molecule has 2 nitrogen and oxygen atoms in total. The van der Waals surface area contributed by atoms with Crippen molar-refractivity contribution in [3.8, 4) is 0 Å². The van der Waals surface area contributed by atoms with Gasteiger partial charge in [0, 0.05) is 5.56 Å². The first-order valence-corrected chi connectivity index (χ1v) is 6.53. The highest BCUT2D eigenvalue weighted by Crippen LogP contribution is 2.10. The summed E-state index contributed by atoms with van der Waals surface area (Å²) < 4.78 is 0. The molecular formula is C15H24ClNO. The van der Waals surface area contributed by atoms with E-state index in [0.29, 0.717) is 0 Å². The highest BCUT2D eigenvalue weighted by atomic mass is 35.5. The predicted octanol–water partition coefficient (Wildman–Crippen LogP) is 3.77. The van der Waals surface area contributed by atoms with Crippen LogP contribution in [0.4, 0.5) is 0 Å². The van der Waals surface area contributed by atoms with Gasteiger partial charge in [0.1, 0.15) is 0 Å². The number of Topliss-reactive ketones (excluding diaryl/α,β-unsaturated/α-hetero) is 1. The van der Waals surface area contributed by atoms with E-state index in [4.69, 9.17) is 0 Å². The summed E-state index contributed by atoms with van der Waals surface area (Å²) in [6.45, 7) is 7.07. The summed E-state index contributed by atoms with van der Waals surface area (Å²) >= 11 is 0. The Hall–Kier alpha value is -0.860. The van der Waals surface area contributed by atoms with Crippen molar-refractivity contribution in [3.05, 3.63) is 35.4 Å². The predicted molar refractivity (Wildman–Crippen MR) is 79.7 cm³/mol. The van der Waals surface area contributed by atoms with E-state index in [9.17, 15) is 4.79 Å². The number of hydrogen-bond donors (Lipinski definition) is 1. The molecule has 0 saturated carbocycles. The molecule has 0 heterocycles. The van der Waals surface area contributed by atoms with E-state index in [1.807, 2.05) is 38.1 Å². The molecule has 1 unspecified atom stereocenters. The summed E-state index contributed by atoms with van der Waals surface area (Å²) in [5.41, 5.74) is 2.01. The third-order valence-corrected chi connectivity index (χ3v) is 2.95. The van der Waals surface area contributed by atoms with Crippen LogP contribution in [0, 0.1) is 6.92 Å². The average Bonchev–Trinajstić information content (AvgIpc) is 2.34. The molecule has 1 aromatic carbocycles. The van der Waals surface area contributed by atoms with Gasteiger partial charge in [0.25, 0.3) is 0 Å². The standard InChI is InChI=1S/C15H23NO.ClH/c1-4-6-7-14(16-5-2)15(17)13-10-8-12(3)9-11-13;/h8-11,14,16H,4-7H2,1-3H3;1H. The number of rotatable bonds is 7. The summed E-state index contributed by atoms with van der Waals surface area (Å²) in [4.78, 5) is 12.3. The molecule has 0 radical (unpaired) electrons. The van der Waals surface area contributed by atoms with Crippen LogP contribution in [0.1, 0.15) is 49.0 Å². The van der Waals surface area contributed by atoms with Crippen molar-refractivity contribution in [1.82, 2.24) is 5.32 Å². The number of hydrogen-bond acceptors (Lipinski definition) is 2. The number of halogens is 1. The Morgan fingerprint density at radius 3 is 2.33 bits per heavy atom. The van der Waals surface area contributed by atoms with Crippen LogP contribution in [0.15, 0.2) is 24.3 Å². The Morgan fingerprint density at radius 1 is 1.22 bits per heavy atom. The van der Waals surface area contributed by atoms with Crippen molar-refractivity contribution < 1.29 is 4.79 Å². The molecule has 0 aliphatic heterocycles. The van der Waals surface area contributed by atoms with Crippen molar-refractivity contribution in [2.45, 2.75) is 46.1 Å². The SMILES string of the molecule is CCCCC(NCC)C(=O)c1ccc(C)cc1.Cl. The molecule has 102 valence electrons. The zero-order valence-electron chi connectivity index (χ0n) is 11.5. The van der Waals surface area contributed by atoms with Crippen LogP contribution in [-0.2, 0) is 0 Å². The molecule has 1 rings (SSSR count). The van der Waals surface area contributed by atoms with Gasteiger partial charge in [-0.25, -0.2) is 0 Å². The highest BCUT2D eigenvalue weighted by molar-refractivity contribution is 6.00. The lowest BCUT2D eigenvalue weighted by atomic mass is 9.99. The second kappa shape index (κ2) is 9.12.